The Morgan fingerprint density at radius 3 is 2.69 bits per heavy atom. The number of rotatable bonds is 6. The van der Waals surface area contributed by atoms with Crippen molar-refractivity contribution < 1.29 is 4.39 Å². The minimum absolute atomic E-state index is 0.103. The molecule has 1 aromatic rings. The molecule has 2 heteroatoms. The van der Waals surface area contributed by atoms with Crippen LogP contribution < -0.4 is 5.32 Å². The van der Waals surface area contributed by atoms with Crippen molar-refractivity contribution in [2.75, 3.05) is 0 Å². The van der Waals surface area contributed by atoms with Gasteiger partial charge in [-0.3, -0.25) is 0 Å². The molecule has 0 aromatic heterocycles. The molecule has 0 amide bonds. The molecule has 0 heterocycles. The second kappa shape index (κ2) is 6.64. The van der Waals surface area contributed by atoms with Crippen LogP contribution in [0.2, 0.25) is 0 Å². The van der Waals surface area contributed by atoms with Crippen LogP contribution in [0.15, 0.2) is 18.2 Å². The Balaban J connectivity index is 2.66. The summed E-state index contributed by atoms with van der Waals surface area (Å²) < 4.78 is 13.5. The van der Waals surface area contributed by atoms with Crippen LogP contribution in [0.3, 0.4) is 0 Å². The van der Waals surface area contributed by atoms with E-state index in [0.717, 1.165) is 12.0 Å². The van der Waals surface area contributed by atoms with Crippen molar-refractivity contribution >= 4 is 0 Å². The highest BCUT2D eigenvalue weighted by atomic mass is 19.1. The zero-order chi connectivity index (χ0) is 12.0. The van der Waals surface area contributed by atoms with Gasteiger partial charge in [-0.2, -0.15) is 0 Å². The lowest BCUT2D eigenvalue weighted by Crippen LogP contribution is -2.22. The molecule has 1 aromatic carbocycles. The Labute approximate surface area is 98.1 Å². The minimum Gasteiger partial charge on any atom is -0.310 e. The second-order valence-corrected chi connectivity index (χ2v) is 4.56. The van der Waals surface area contributed by atoms with Crippen LogP contribution in [-0.4, -0.2) is 6.04 Å². The van der Waals surface area contributed by atoms with E-state index in [4.69, 9.17) is 0 Å². The van der Waals surface area contributed by atoms with Gasteiger partial charge < -0.3 is 5.32 Å². The predicted octanol–water partition coefficient (Wildman–Crippen LogP) is 3.67. The zero-order valence-electron chi connectivity index (χ0n) is 10.5. The highest BCUT2D eigenvalue weighted by molar-refractivity contribution is 5.25. The fraction of sp³-hybridized carbons (Fsp3) is 0.571. The van der Waals surface area contributed by atoms with Gasteiger partial charge >= 0.3 is 0 Å². The maximum absolute atomic E-state index is 13.5. The van der Waals surface area contributed by atoms with Crippen LogP contribution in [0.1, 0.15) is 44.7 Å². The highest BCUT2D eigenvalue weighted by Gasteiger charge is 2.04. The molecule has 0 fully saturated rings. The van der Waals surface area contributed by atoms with E-state index in [0.29, 0.717) is 12.6 Å². The van der Waals surface area contributed by atoms with Gasteiger partial charge in [-0.15, -0.1) is 0 Å². The molecule has 0 aliphatic carbocycles. The fourth-order valence-corrected chi connectivity index (χ4v) is 1.61. The Bertz CT molecular complexity index is 321. The minimum atomic E-state index is -0.103. The van der Waals surface area contributed by atoms with Crippen molar-refractivity contribution in [1.82, 2.24) is 5.32 Å². The van der Waals surface area contributed by atoms with E-state index in [2.05, 4.69) is 26.1 Å². The van der Waals surface area contributed by atoms with Gasteiger partial charge in [0.1, 0.15) is 5.82 Å². The van der Waals surface area contributed by atoms with Crippen LogP contribution in [0, 0.1) is 5.82 Å². The summed E-state index contributed by atoms with van der Waals surface area (Å²) in [6.07, 6.45) is 3.39. The van der Waals surface area contributed by atoms with Gasteiger partial charge in [-0.1, -0.05) is 39.3 Å². The van der Waals surface area contributed by atoms with Crippen molar-refractivity contribution in [3.63, 3.8) is 0 Å². The number of hydrogen-bond donors (Lipinski definition) is 1. The monoisotopic (exact) mass is 223 g/mol. The van der Waals surface area contributed by atoms with E-state index < -0.39 is 0 Å². The molecule has 0 bridgehead atoms. The first-order valence-electron chi connectivity index (χ1n) is 6.14. The van der Waals surface area contributed by atoms with Gasteiger partial charge in [0, 0.05) is 18.2 Å². The standard InChI is InChI=1S/C14H22FN/c1-4-5-6-12-7-8-14(15)13(9-12)10-16-11(2)3/h7-9,11,16H,4-6,10H2,1-3H3. The molecule has 0 unspecified atom stereocenters. The van der Waals surface area contributed by atoms with E-state index in [-0.39, 0.29) is 5.82 Å². The van der Waals surface area contributed by atoms with Crippen LogP contribution in [0.25, 0.3) is 0 Å². The van der Waals surface area contributed by atoms with Crippen molar-refractivity contribution in [1.29, 1.82) is 0 Å². The Morgan fingerprint density at radius 2 is 2.06 bits per heavy atom. The number of benzene rings is 1. The third kappa shape index (κ3) is 4.31. The first-order chi connectivity index (χ1) is 7.63. The molecule has 1 N–H and O–H groups in total. The topological polar surface area (TPSA) is 12.0 Å². The van der Waals surface area contributed by atoms with E-state index in [1.54, 1.807) is 6.07 Å². The van der Waals surface area contributed by atoms with Crippen LogP contribution in [0.4, 0.5) is 4.39 Å². The van der Waals surface area contributed by atoms with Gasteiger partial charge in [-0.25, -0.2) is 4.39 Å². The first-order valence-corrected chi connectivity index (χ1v) is 6.14. The van der Waals surface area contributed by atoms with E-state index in [1.807, 2.05) is 12.1 Å². The third-order valence-electron chi connectivity index (χ3n) is 2.63. The molecule has 0 saturated heterocycles. The van der Waals surface area contributed by atoms with Crippen LogP contribution in [0.5, 0.6) is 0 Å². The molecular weight excluding hydrogens is 201 g/mol. The maximum Gasteiger partial charge on any atom is 0.127 e. The van der Waals surface area contributed by atoms with Crippen molar-refractivity contribution in [2.45, 2.75) is 52.6 Å². The Morgan fingerprint density at radius 1 is 1.31 bits per heavy atom. The molecule has 0 saturated carbocycles. The number of unbranched alkanes of at least 4 members (excludes halogenated alkanes) is 1. The van der Waals surface area contributed by atoms with Crippen LogP contribution >= 0.6 is 0 Å². The lowest BCUT2D eigenvalue weighted by Gasteiger charge is -2.10. The number of aryl methyl sites for hydroxylation is 1. The number of nitrogens with one attached hydrogen (secondary N) is 1. The maximum atomic E-state index is 13.5. The molecule has 0 atom stereocenters. The SMILES string of the molecule is CCCCc1ccc(F)c(CNC(C)C)c1. The molecule has 0 spiro atoms. The quantitative estimate of drug-likeness (QED) is 0.776. The predicted molar refractivity (Wildman–Crippen MR) is 67.0 cm³/mol. The van der Waals surface area contributed by atoms with Gasteiger partial charge in [0.15, 0.2) is 0 Å². The zero-order valence-corrected chi connectivity index (χ0v) is 10.5. The molecule has 1 nitrogen and oxygen atoms in total. The Hall–Kier alpha value is -0.890. The van der Waals surface area contributed by atoms with Crippen LogP contribution in [-0.2, 0) is 13.0 Å². The molecular formula is C14H22FN. The lowest BCUT2D eigenvalue weighted by molar-refractivity contribution is 0.552. The van der Waals surface area contributed by atoms with Gasteiger partial charge in [-0.05, 0) is 24.5 Å². The summed E-state index contributed by atoms with van der Waals surface area (Å²) in [5, 5.41) is 3.25. The lowest BCUT2D eigenvalue weighted by atomic mass is 10.0. The summed E-state index contributed by atoms with van der Waals surface area (Å²) in [5.41, 5.74) is 2.02. The second-order valence-electron chi connectivity index (χ2n) is 4.56. The summed E-state index contributed by atoms with van der Waals surface area (Å²) in [6.45, 7) is 6.92. The first kappa shape index (κ1) is 13.2. The molecule has 0 aliphatic heterocycles. The summed E-state index contributed by atoms with van der Waals surface area (Å²) in [4.78, 5) is 0. The third-order valence-corrected chi connectivity index (χ3v) is 2.63. The largest absolute Gasteiger partial charge is 0.310 e. The molecule has 1 rings (SSSR count). The smallest absolute Gasteiger partial charge is 0.127 e. The van der Waals surface area contributed by atoms with Gasteiger partial charge in [0.25, 0.3) is 0 Å². The highest BCUT2D eigenvalue weighted by Crippen LogP contribution is 2.13. The van der Waals surface area contributed by atoms with Crippen molar-refractivity contribution in [3.05, 3.63) is 35.1 Å². The average molecular weight is 223 g/mol. The summed E-state index contributed by atoms with van der Waals surface area (Å²) in [6, 6.07) is 5.85. The number of halogens is 1. The van der Waals surface area contributed by atoms with Gasteiger partial charge in [0.05, 0.1) is 0 Å². The summed E-state index contributed by atoms with van der Waals surface area (Å²) >= 11 is 0. The van der Waals surface area contributed by atoms with E-state index in [9.17, 15) is 4.39 Å². The fourth-order valence-electron chi connectivity index (χ4n) is 1.61. The average Bonchev–Trinajstić information content (AvgIpc) is 2.26. The Kier molecular flexibility index (Phi) is 5.47. The van der Waals surface area contributed by atoms with E-state index >= 15 is 0 Å². The molecule has 16 heavy (non-hydrogen) atoms. The van der Waals surface area contributed by atoms with E-state index in [1.165, 1.54) is 18.4 Å². The molecule has 0 radical (unpaired) electrons. The summed E-state index contributed by atoms with van der Waals surface area (Å²) in [7, 11) is 0. The number of hydrogen-bond acceptors (Lipinski definition) is 1. The molecule has 0 aliphatic rings. The van der Waals surface area contributed by atoms with Crippen molar-refractivity contribution in [2.24, 2.45) is 0 Å². The van der Waals surface area contributed by atoms with Crippen molar-refractivity contribution in [3.8, 4) is 0 Å². The summed E-state index contributed by atoms with van der Waals surface area (Å²) in [5.74, 6) is -0.103. The van der Waals surface area contributed by atoms with Gasteiger partial charge in [0.2, 0.25) is 0 Å². The molecule has 90 valence electrons. The normalized spacial score (nSPS) is 11.1.